The Hall–Kier alpha value is -2.19. The summed E-state index contributed by atoms with van der Waals surface area (Å²) < 4.78 is 0. The molecule has 0 saturated carbocycles. The maximum Gasteiger partial charge on any atom is 0.185 e. The van der Waals surface area contributed by atoms with Crippen LogP contribution in [0.25, 0.3) is 0 Å². The minimum atomic E-state index is -0.0635. The van der Waals surface area contributed by atoms with Crippen molar-refractivity contribution < 1.29 is 9.59 Å². The molecule has 2 aromatic carbocycles. The number of hydrogen-bond acceptors (Lipinski definition) is 2. The molecular formula is C20H19ClO2. The van der Waals surface area contributed by atoms with Gasteiger partial charge in [0.15, 0.2) is 5.78 Å². The molecule has 0 unspecified atom stereocenters. The molecule has 0 heterocycles. The number of allylic oxidation sites excluding steroid dienone is 2. The van der Waals surface area contributed by atoms with E-state index < -0.39 is 0 Å². The number of carbonyl (C=O) groups excluding carboxylic acids is 2. The van der Waals surface area contributed by atoms with E-state index >= 15 is 0 Å². The maximum atomic E-state index is 12.2. The second kappa shape index (κ2) is 8.44. The van der Waals surface area contributed by atoms with E-state index in [1.807, 2.05) is 43.3 Å². The number of ketones is 1. The number of carbonyl (C=O) groups is 2. The fourth-order valence-corrected chi connectivity index (χ4v) is 2.67. The second-order valence-corrected chi connectivity index (χ2v) is 5.95. The molecule has 0 bridgehead atoms. The van der Waals surface area contributed by atoms with Crippen LogP contribution in [-0.2, 0) is 4.79 Å². The Kier molecular flexibility index (Phi) is 6.30. The molecule has 0 radical (unpaired) electrons. The van der Waals surface area contributed by atoms with Crippen LogP contribution in [0.5, 0.6) is 0 Å². The summed E-state index contributed by atoms with van der Waals surface area (Å²) in [7, 11) is 0. The minimum absolute atomic E-state index is 0.0635. The molecule has 0 saturated heterocycles. The van der Waals surface area contributed by atoms with Crippen LogP contribution in [0.2, 0.25) is 5.02 Å². The number of halogens is 1. The topological polar surface area (TPSA) is 34.1 Å². The van der Waals surface area contributed by atoms with Gasteiger partial charge in [0, 0.05) is 17.0 Å². The van der Waals surface area contributed by atoms with Gasteiger partial charge in [-0.15, -0.1) is 0 Å². The molecule has 2 nitrogen and oxygen atoms in total. The van der Waals surface area contributed by atoms with Crippen molar-refractivity contribution in [2.45, 2.75) is 19.3 Å². The average molecular weight is 327 g/mol. The van der Waals surface area contributed by atoms with Crippen molar-refractivity contribution in [3.8, 4) is 0 Å². The number of benzene rings is 2. The Morgan fingerprint density at radius 2 is 1.74 bits per heavy atom. The first-order valence-electron chi connectivity index (χ1n) is 7.58. The van der Waals surface area contributed by atoms with E-state index in [0.717, 1.165) is 11.8 Å². The van der Waals surface area contributed by atoms with Gasteiger partial charge in [-0.25, -0.2) is 0 Å². The van der Waals surface area contributed by atoms with Crippen LogP contribution in [-0.4, -0.2) is 12.1 Å². The predicted octanol–water partition coefficient (Wildman–Crippen LogP) is 5.09. The standard InChI is InChI=1S/C20H19ClO2/c1-15(19(13-14-22)16-5-3-2-4-6-16)7-12-20(23)17-8-10-18(21)11-9-17/h2-12,14-15,19H,13H2,1H3/b12-7+/t15-,19+/m1/s1. The SMILES string of the molecule is C[C@H](/C=C/C(=O)c1ccc(Cl)cc1)[C@H](CC=O)c1ccccc1. The van der Waals surface area contributed by atoms with Gasteiger partial charge in [0.2, 0.25) is 0 Å². The highest BCUT2D eigenvalue weighted by Crippen LogP contribution is 2.28. The van der Waals surface area contributed by atoms with Gasteiger partial charge in [-0.05, 0) is 47.7 Å². The lowest BCUT2D eigenvalue weighted by molar-refractivity contribution is -0.108. The molecule has 2 atom stereocenters. The van der Waals surface area contributed by atoms with Crippen LogP contribution >= 0.6 is 11.6 Å². The summed E-state index contributed by atoms with van der Waals surface area (Å²) in [6, 6.07) is 16.7. The quantitative estimate of drug-likeness (QED) is 0.403. The van der Waals surface area contributed by atoms with Crippen LogP contribution in [0.1, 0.15) is 35.2 Å². The van der Waals surface area contributed by atoms with Gasteiger partial charge in [-0.2, -0.15) is 0 Å². The summed E-state index contributed by atoms with van der Waals surface area (Å²) in [5.74, 6) is 0.0910. The van der Waals surface area contributed by atoms with Crippen LogP contribution in [0.3, 0.4) is 0 Å². The van der Waals surface area contributed by atoms with Crippen LogP contribution in [0.15, 0.2) is 66.7 Å². The Labute approximate surface area is 141 Å². The fraction of sp³-hybridized carbons (Fsp3) is 0.200. The highest BCUT2D eigenvalue weighted by molar-refractivity contribution is 6.30. The van der Waals surface area contributed by atoms with Crippen molar-refractivity contribution in [3.05, 3.63) is 82.9 Å². The predicted molar refractivity (Wildman–Crippen MR) is 94.0 cm³/mol. The van der Waals surface area contributed by atoms with E-state index in [1.54, 1.807) is 30.3 Å². The van der Waals surface area contributed by atoms with E-state index in [4.69, 9.17) is 11.6 Å². The zero-order valence-electron chi connectivity index (χ0n) is 13.0. The molecular weight excluding hydrogens is 308 g/mol. The normalized spacial score (nSPS) is 13.7. The Morgan fingerprint density at radius 1 is 1.09 bits per heavy atom. The highest BCUT2D eigenvalue weighted by atomic mass is 35.5. The van der Waals surface area contributed by atoms with E-state index in [-0.39, 0.29) is 17.6 Å². The van der Waals surface area contributed by atoms with Crippen molar-refractivity contribution in [2.75, 3.05) is 0 Å². The molecule has 0 aliphatic heterocycles. The molecule has 2 rings (SSSR count). The van der Waals surface area contributed by atoms with Crippen molar-refractivity contribution in [1.29, 1.82) is 0 Å². The third-order valence-corrected chi connectivity index (χ3v) is 4.14. The van der Waals surface area contributed by atoms with Crippen molar-refractivity contribution >= 4 is 23.7 Å². The summed E-state index contributed by atoms with van der Waals surface area (Å²) in [5, 5.41) is 0.606. The van der Waals surface area contributed by atoms with Crippen LogP contribution in [0.4, 0.5) is 0 Å². The number of hydrogen-bond donors (Lipinski definition) is 0. The first-order valence-corrected chi connectivity index (χ1v) is 7.96. The molecule has 23 heavy (non-hydrogen) atoms. The van der Waals surface area contributed by atoms with Gasteiger partial charge in [-0.3, -0.25) is 4.79 Å². The largest absolute Gasteiger partial charge is 0.303 e. The zero-order chi connectivity index (χ0) is 16.7. The average Bonchev–Trinajstić information content (AvgIpc) is 2.58. The molecule has 0 aliphatic rings. The molecule has 0 amide bonds. The first-order chi connectivity index (χ1) is 11.1. The van der Waals surface area contributed by atoms with Gasteiger partial charge in [0.1, 0.15) is 6.29 Å². The van der Waals surface area contributed by atoms with Gasteiger partial charge >= 0.3 is 0 Å². The molecule has 118 valence electrons. The maximum absolute atomic E-state index is 12.2. The van der Waals surface area contributed by atoms with Gasteiger partial charge in [0.25, 0.3) is 0 Å². The third-order valence-electron chi connectivity index (χ3n) is 3.89. The smallest absolute Gasteiger partial charge is 0.185 e. The van der Waals surface area contributed by atoms with Gasteiger partial charge in [0.05, 0.1) is 0 Å². The monoisotopic (exact) mass is 326 g/mol. The van der Waals surface area contributed by atoms with E-state index in [9.17, 15) is 9.59 Å². The summed E-state index contributed by atoms with van der Waals surface area (Å²) in [5.41, 5.74) is 1.71. The molecule has 0 spiro atoms. The molecule has 0 N–H and O–H groups in total. The number of aldehydes is 1. The van der Waals surface area contributed by atoms with Gasteiger partial charge in [-0.1, -0.05) is 54.9 Å². The van der Waals surface area contributed by atoms with E-state index in [2.05, 4.69) is 0 Å². The lowest BCUT2D eigenvalue weighted by atomic mass is 9.84. The lowest BCUT2D eigenvalue weighted by Gasteiger charge is -2.19. The minimum Gasteiger partial charge on any atom is -0.303 e. The Bertz CT molecular complexity index is 675. The zero-order valence-corrected chi connectivity index (χ0v) is 13.7. The number of rotatable bonds is 7. The first kappa shape index (κ1) is 17.2. The van der Waals surface area contributed by atoms with Crippen molar-refractivity contribution in [3.63, 3.8) is 0 Å². The van der Waals surface area contributed by atoms with Crippen LogP contribution < -0.4 is 0 Å². The van der Waals surface area contributed by atoms with E-state index in [0.29, 0.717) is 17.0 Å². The highest BCUT2D eigenvalue weighted by Gasteiger charge is 2.17. The van der Waals surface area contributed by atoms with E-state index in [1.165, 1.54) is 0 Å². The lowest BCUT2D eigenvalue weighted by Crippen LogP contribution is -2.09. The summed E-state index contributed by atoms with van der Waals surface area (Å²) in [6.07, 6.45) is 4.82. The fourth-order valence-electron chi connectivity index (χ4n) is 2.54. The summed E-state index contributed by atoms with van der Waals surface area (Å²) in [4.78, 5) is 23.2. The van der Waals surface area contributed by atoms with Crippen molar-refractivity contribution in [1.82, 2.24) is 0 Å². The molecule has 3 heteroatoms. The van der Waals surface area contributed by atoms with Gasteiger partial charge < -0.3 is 4.79 Å². The molecule has 0 aromatic heterocycles. The Morgan fingerprint density at radius 3 is 2.35 bits per heavy atom. The second-order valence-electron chi connectivity index (χ2n) is 5.51. The molecule has 0 fully saturated rings. The third kappa shape index (κ3) is 4.90. The summed E-state index contributed by atoms with van der Waals surface area (Å²) >= 11 is 5.83. The van der Waals surface area contributed by atoms with Crippen LogP contribution in [0, 0.1) is 5.92 Å². The summed E-state index contributed by atoms with van der Waals surface area (Å²) in [6.45, 7) is 2.02. The molecule has 0 aliphatic carbocycles. The molecule has 2 aromatic rings. The Balaban J connectivity index is 2.11. The van der Waals surface area contributed by atoms with Crippen molar-refractivity contribution in [2.24, 2.45) is 5.92 Å².